The molecule has 0 aromatic carbocycles. The van der Waals surface area contributed by atoms with Crippen LogP contribution >= 0.6 is 0 Å². The Morgan fingerprint density at radius 1 is 1.50 bits per heavy atom. The number of likely N-dealkylation sites (N-methyl/N-ethyl adjacent to an activating group) is 2. The van der Waals surface area contributed by atoms with Crippen molar-refractivity contribution in [1.29, 1.82) is 0 Å². The quantitative estimate of drug-likeness (QED) is 0.801. The van der Waals surface area contributed by atoms with Gasteiger partial charge in [-0.05, 0) is 26.2 Å². The standard InChI is InChI=1S/C15H26N4O3/c1-18-6-7-19(2)12(10-18)9-16-15(20)17-13(11-21-3)14-5-4-8-22-14/h4-5,8,12-13H,6-7,9-11H2,1-3H3,(H2,16,17,20)/t12-,13-/m1/s1. The number of urea groups is 1. The van der Waals surface area contributed by atoms with E-state index >= 15 is 0 Å². The van der Waals surface area contributed by atoms with Gasteiger partial charge in [-0.1, -0.05) is 0 Å². The second kappa shape index (κ2) is 8.17. The largest absolute Gasteiger partial charge is 0.467 e. The third kappa shape index (κ3) is 4.72. The van der Waals surface area contributed by atoms with Gasteiger partial charge < -0.3 is 24.7 Å². The molecule has 7 nitrogen and oxygen atoms in total. The van der Waals surface area contributed by atoms with Crippen molar-refractivity contribution >= 4 is 6.03 Å². The minimum atomic E-state index is -0.285. The molecular formula is C15H26N4O3. The van der Waals surface area contributed by atoms with E-state index < -0.39 is 0 Å². The molecule has 1 saturated heterocycles. The number of methoxy groups -OCH3 is 1. The summed E-state index contributed by atoms with van der Waals surface area (Å²) in [6.07, 6.45) is 1.59. The molecule has 1 aromatic heterocycles. The van der Waals surface area contributed by atoms with Gasteiger partial charge in [0, 0.05) is 39.3 Å². The van der Waals surface area contributed by atoms with Gasteiger partial charge in [0.2, 0.25) is 0 Å². The number of hydrogen-bond donors (Lipinski definition) is 2. The maximum absolute atomic E-state index is 12.1. The molecule has 2 rings (SSSR count). The number of nitrogens with zero attached hydrogens (tertiary/aromatic N) is 2. The minimum absolute atomic E-state index is 0.208. The van der Waals surface area contributed by atoms with Crippen LogP contribution in [0.3, 0.4) is 0 Å². The van der Waals surface area contributed by atoms with Gasteiger partial charge in [-0.3, -0.25) is 4.90 Å². The Kier molecular flexibility index (Phi) is 6.23. The normalized spacial score (nSPS) is 21.5. The van der Waals surface area contributed by atoms with Gasteiger partial charge >= 0.3 is 6.03 Å². The molecule has 0 unspecified atom stereocenters. The van der Waals surface area contributed by atoms with E-state index in [0.29, 0.717) is 25.0 Å². The lowest BCUT2D eigenvalue weighted by atomic mass is 10.2. The molecule has 0 aliphatic carbocycles. The summed E-state index contributed by atoms with van der Waals surface area (Å²) in [6.45, 7) is 4.02. The summed E-state index contributed by atoms with van der Waals surface area (Å²) in [5, 5.41) is 5.82. The first-order chi connectivity index (χ1) is 10.6. The van der Waals surface area contributed by atoms with Crippen LogP contribution in [-0.2, 0) is 4.74 Å². The maximum Gasteiger partial charge on any atom is 0.315 e. The Bertz CT molecular complexity index is 452. The average Bonchev–Trinajstić information content (AvgIpc) is 3.02. The summed E-state index contributed by atoms with van der Waals surface area (Å²) in [4.78, 5) is 16.7. The van der Waals surface area contributed by atoms with Crippen molar-refractivity contribution in [3.05, 3.63) is 24.2 Å². The summed E-state index contributed by atoms with van der Waals surface area (Å²) in [5.41, 5.74) is 0. The first-order valence-electron chi connectivity index (χ1n) is 7.55. The summed E-state index contributed by atoms with van der Waals surface area (Å²) in [6, 6.07) is 3.46. The highest BCUT2D eigenvalue weighted by molar-refractivity contribution is 5.74. The highest BCUT2D eigenvalue weighted by Gasteiger charge is 2.23. The number of hydrogen-bond acceptors (Lipinski definition) is 5. The molecule has 2 heterocycles. The van der Waals surface area contributed by atoms with Gasteiger partial charge in [0.25, 0.3) is 0 Å². The minimum Gasteiger partial charge on any atom is -0.467 e. The fourth-order valence-corrected chi connectivity index (χ4v) is 2.59. The lowest BCUT2D eigenvalue weighted by molar-refractivity contribution is 0.113. The Labute approximate surface area is 131 Å². The topological polar surface area (TPSA) is 70.0 Å². The van der Waals surface area contributed by atoms with Gasteiger partial charge in [-0.15, -0.1) is 0 Å². The fraction of sp³-hybridized carbons (Fsp3) is 0.667. The molecule has 124 valence electrons. The predicted octanol–water partition coefficient (Wildman–Crippen LogP) is 0.512. The van der Waals surface area contributed by atoms with Gasteiger partial charge in [0.1, 0.15) is 11.8 Å². The van der Waals surface area contributed by atoms with Crippen molar-refractivity contribution in [2.24, 2.45) is 0 Å². The SMILES string of the molecule is COC[C@@H](NC(=O)NC[C@@H]1CN(C)CCN1C)c1ccco1. The van der Waals surface area contributed by atoms with Crippen molar-refractivity contribution in [2.75, 3.05) is 54.0 Å². The molecule has 0 bridgehead atoms. The van der Waals surface area contributed by atoms with Crippen molar-refractivity contribution in [3.8, 4) is 0 Å². The zero-order valence-corrected chi connectivity index (χ0v) is 13.5. The van der Waals surface area contributed by atoms with Crippen LogP contribution in [0.1, 0.15) is 11.8 Å². The second-order valence-electron chi connectivity index (χ2n) is 5.77. The van der Waals surface area contributed by atoms with Gasteiger partial charge in [-0.2, -0.15) is 0 Å². The lowest BCUT2D eigenvalue weighted by Gasteiger charge is -2.37. The second-order valence-corrected chi connectivity index (χ2v) is 5.77. The molecular weight excluding hydrogens is 284 g/mol. The van der Waals surface area contributed by atoms with Crippen LogP contribution in [0.15, 0.2) is 22.8 Å². The molecule has 0 saturated carbocycles. The van der Waals surface area contributed by atoms with E-state index in [9.17, 15) is 4.79 Å². The number of ether oxygens (including phenoxy) is 1. The number of carbonyl (C=O) groups excluding carboxylic acids is 1. The molecule has 1 fully saturated rings. The highest BCUT2D eigenvalue weighted by atomic mass is 16.5. The number of amides is 2. The van der Waals surface area contributed by atoms with Crippen molar-refractivity contribution in [3.63, 3.8) is 0 Å². The molecule has 2 amide bonds. The number of rotatable bonds is 6. The molecule has 0 spiro atoms. The fourth-order valence-electron chi connectivity index (χ4n) is 2.59. The first-order valence-corrected chi connectivity index (χ1v) is 7.55. The maximum atomic E-state index is 12.1. The zero-order valence-electron chi connectivity index (χ0n) is 13.5. The van der Waals surface area contributed by atoms with Crippen molar-refractivity contribution in [1.82, 2.24) is 20.4 Å². The van der Waals surface area contributed by atoms with E-state index in [1.807, 2.05) is 6.07 Å². The van der Waals surface area contributed by atoms with E-state index in [4.69, 9.17) is 9.15 Å². The monoisotopic (exact) mass is 310 g/mol. The van der Waals surface area contributed by atoms with E-state index in [1.165, 1.54) is 0 Å². The van der Waals surface area contributed by atoms with Crippen LogP contribution in [0, 0.1) is 0 Å². The number of carbonyl (C=O) groups is 1. The van der Waals surface area contributed by atoms with E-state index in [-0.39, 0.29) is 12.1 Å². The van der Waals surface area contributed by atoms with Crippen LogP contribution in [0.25, 0.3) is 0 Å². The van der Waals surface area contributed by atoms with Crippen LogP contribution in [0.5, 0.6) is 0 Å². The number of furan rings is 1. The summed E-state index contributed by atoms with van der Waals surface area (Å²) >= 11 is 0. The predicted molar refractivity (Wildman–Crippen MR) is 83.8 cm³/mol. The van der Waals surface area contributed by atoms with Crippen LogP contribution < -0.4 is 10.6 Å². The summed E-state index contributed by atoms with van der Waals surface area (Å²) in [5.74, 6) is 0.687. The van der Waals surface area contributed by atoms with Crippen LogP contribution in [0.4, 0.5) is 4.79 Å². The van der Waals surface area contributed by atoms with E-state index in [1.54, 1.807) is 19.4 Å². The molecule has 0 radical (unpaired) electrons. The van der Waals surface area contributed by atoms with Crippen molar-refractivity contribution in [2.45, 2.75) is 12.1 Å². The highest BCUT2D eigenvalue weighted by Crippen LogP contribution is 2.13. The first kappa shape index (κ1) is 16.8. The van der Waals surface area contributed by atoms with Gasteiger partial charge in [0.15, 0.2) is 0 Å². The summed E-state index contributed by atoms with van der Waals surface area (Å²) in [7, 11) is 5.79. The Balaban J connectivity index is 1.81. The lowest BCUT2D eigenvalue weighted by Crippen LogP contribution is -2.55. The number of piperazine rings is 1. The molecule has 1 aliphatic heterocycles. The molecule has 2 atom stereocenters. The molecule has 7 heteroatoms. The van der Waals surface area contributed by atoms with Crippen LogP contribution in [-0.4, -0.2) is 75.9 Å². The van der Waals surface area contributed by atoms with Gasteiger partial charge in [0.05, 0.1) is 12.9 Å². The third-order valence-electron chi connectivity index (χ3n) is 4.00. The smallest absolute Gasteiger partial charge is 0.315 e. The molecule has 2 N–H and O–H groups in total. The Hall–Kier alpha value is -1.57. The van der Waals surface area contributed by atoms with E-state index in [0.717, 1.165) is 19.6 Å². The average molecular weight is 310 g/mol. The Morgan fingerprint density at radius 2 is 2.32 bits per heavy atom. The zero-order chi connectivity index (χ0) is 15.9. The summed E-state index contributed by atoms with van der Waals surface area (Å²) < 4.78 is 10.5. The number of nitrogens with one attached hydrogen (secondary N) is 2. The van der Waals surface area contributed by atoms with E-state index in [2.05, 4.69) is 34.5 Å². The molecule has 1 aliphatic rings. The van der Waals surface area contributed by atoms with Gasteiger partial charge in [-0.25, -0.2) is 4.79 Å². The van der Waals surface area contributed by atoms with Crippen LogP contribution in [0.2, 0.25) is 0 Å². The van der Waals surface area contributed by atoms with Crippen molar-refractivity contribution < 1.29 is 13.9 Å². The molecule has 22 heavy (non-hydrogen) atoms. The molecule has 1 aromatic rings. The third-order valence-corrected chi connectivity index (χ3v) is 4.00. The Morgan fingerprint density at radius 3 is 3.00 bits per heavy atom.